The van der Waals surface area contributed by atoms with Crippen molar-refractivity contribution in [3.8, 4) is 0 Å². The molecule has 1 heterocycles. The monoisotopic (exact) mass is 310 g/mol. The number of benzene rings is 1. The van der Waals surface area contributed by atoms with Gasteiger partial charge in [-0.1, -0.05) is 0 Å². The molecule has 0 amide bonds. The fourth-order valence-electron chi connectivity index (χ4n) is 1.91. The molecule has 0 saturated carbocycles. The second-order valence-electron chi connectivity index (χ2n) is 4.70. The molecule has 0 aliphatic rings. The van der Waals surface area contributed by atoms with E-state index in [0.29, 0.717) is 11.1 Å². The van der Waals surface area contributed by atoms with Crippen LogP contribution in [0.5, 0.6) is 0 Å². The zero-order valence-corrected chi connectivity index (χ0v) is 12.6. The minimum Gasteiger partial charge on any atom is -0.478 e. The van der Waals surface area contributed by atoms with Crippen molar-refractivity contribution in [2.45, 2.75) is 31.4 Å². The molecule has 0 bridgehead atoms. The van der Waals surface area contributed by atoms with Gasteiger partial charge >= 0.3 is 5.97 Å². The third-order valence-electron chi connectivity index (χ3n) is 3.08. The number of aryl methyl sites for hydroxylation is 2. The highest BCUT2D eigenvalue weighted by atomic mass is 32.2. The number of carboxylic acids is 1. The Morgan fingerprint density at radius 1 is 1.24 bits per heavy atom. The molecule has 112 valence electrons. The van der Waals surface area contributed by atoms with E-state index < -0.39 is 21.6 Å². The summed E-state index contributed by atoms with van der Waals surface area (Å²) in [5, 5.41) is 16.3. The maximum atomic E-state index is 12.4. The van der Waals surface area contributed by atoms with Crippen LogP contribution in [-0.4, -0.2) is 29.7 Å². The van der Waals surface area contributed by atoms with Gasteiger partial charge in [-0.3, -0.25) is 0 Å². The molecule has 21 heavy (non-hydrogen) atoms. The van der Waals surface area contributed by atoms with E-state index in [1.165, 1.54) is 6.07 Å². The maximum Gasteiger partial charge on any atom is 0.335 e. The number of carboxylic acid groups (broad SMARTS) is 1. The lowest BCUT2D eigenvalue weighted by Gasteiger charge is -2.10. The Bertz CT molecular complexity index is 808. The van der Waals surface area contributed by atoms with Gasteiger partial charge in [-0.25, -0.2) is 13.2 Å². The largest absolute Gasteiger partial charge is 0.478 e. The second-order valence-corrected chi connectivity index (χ2v) is 6.65. The normalized spacial score (nSPS) is 11.6. The molecule has 1 aromatic carbocycles. The first-order valence-electron chi connectivity index (χ1n) is 6.07. The molecule has 2 aromatic rings. The Kier molecular flexibility index (Phi) is 3.82. The van der Waals surface area contributed by atoms with Crippen LogP contribution in [0.25, 0.3) is 0 Å². The molecule has 0 fully saturated rings. The smallest absolute Gasteiger partial charge is 0.335 e. The summed E-state index contributed by atoms with van der Waals surface area (Å²) in [7, 11) is -3.77. The van der Waals surface area contributed by atoms with E-state index >= 15 is 0 Å². The van der Waals surface area contributed by atoms with Crippen molar-refractivity contribution in [3.05, 3.63) is 40.6 Å². The minimum absolute atomic E-state index is 0.0229. The molecule has 7 nitrogen and oxygen atoms in total. The van der Waals surface area contributed by atoms with Gasteiger partial charge < -0.3 is 9.52 Å². The average Bonchev–Trinajstić information content (AvgIpc) is 2.76. The van der Waals surface area contributed by atoms with Crippen molar-refractivity contribution in [3.63, 3.8) is 0 Å². The van der Waals surface area contributed by atoms with Crippen LogP contribution in [0, 0.1) is 20.8 Å². The first-order valence-corrected chi connectivity index (χ1v) is 7.72. The number of rotatable bonds is 4. The van der Waals surface area contributed by atoms with Crippen LogP contribution in [0.2, 0.25) is 0 Å². The molecule has 0 aliphatic carbocycles. The molecule has 1 aromatic heterocycles. The third-order valence-corrected chi connectivity index (χ3v) is 4.80. The number of nitrogens with zero attached hydrogens (tertiary/aromatic N) is 2. The Labute approximate surface area is 121 Å². The molecule has 1 N–H and O–H groups in total. The SMILES string of the molecule is Cc1nnc(CS(=O)(=O)c2cc(C(=O)O)cc(C)c2C)o1. The van der Waals surface area contributed by atoms with Crippen molar-refractivity contribution in [2.24, 2.45) is 0 Å². The predicted molar refractivity (Wildman–Crippen MR) is 72.8 cm³/mol. The van der Waals surface area contributed by atoms with Crippen LogP contribution in [-0.2, 0) is 15.6 Å². The van der Waals surface area contributed by atoms with E-state index in [2.05, 4.69) is 10.2 Å². The summed E-state index contributed by atoms with van der Waals surface area (Å²) >= 11 is 0. The van der Waals surface area contributed by atoms with E-state index in [0.717, 1.165) is 6.07 Å². The quantitative estimate of drug-likeness (QED) is 0.914. The molecule has 0 saturated heterocycles. The molecule has 0 aliphatic heterocycles. The number of carbonyl (C=O) groups is 1. The zero-order valence-electron chi connectivity index (χ0n) is 11.7. The van der Waals surface area contributed by atoms with Gasteiger partial charge in [0.25, 0.3) is 0 Å². The van der Waals surface area contributed by atoms with Crippen LogP contribution in [0.4, 0.5) is 0 Å². The first-order chi connectivity index (χ1) is 9.70. The summed E-state index contributed by atoms with van der Waals surface area (Å²) in [4.78, 5) is 11.0. The molecular weight excluding hydrogens is 296 g/mol. The van der Waals surface area contributed by atoms with Gasteiger partial charge in [-0.05, 0) is 37.1 Å². The van der Waals surface area contributed by atoms with Crippen LogP contribution in [0.3, 0.4) is 0 Å². The lowest BCUT2D eigenvalue weighted by molar-refractivity contribution is 0.0696. The van der Waals surface area contributed by atoms with Gasteiger partial charge in [0.05, 0.1) is 10.5 Å². The highest BCUT2D eigenvalue weighted by Crippen LogP contribution is 2.24. The number of hydrogen-bond donors (Lipinski definition) is 1. The fraction of sp³-hybridized carbons (Fsp3) is 0.308. The van der Waals surface area contributed by atoms with Crippen molar-refractivity contribution < 1.29 is 22.7 Å². The van der Waals surface area contributed by atoms with Gasteiger partial charge in [-0.15, -0.1) is 10.2 Å². The van der Waals surface area contributed by atoms with Gasteiger partial charge in [-0.2, -0.15) is 0 Å². The Balaban J connectivity index is 2.51. The van der Waals surface area contributed by atoms with E-state index in [9.17, 15) is 13.2 Å². The fourth-order valence-corrected chi connectivity index (χ4v) is 3.44. The second kappa shape index (κ2) is 5.28. The van der Waals surface area contributed by atoms with E-state index in [4.69, 9.17) is 9.52 Å². The van der Waals surface area contributed by atoms with Crippen molar-refractivity contribution >= 4 is 15.8 Å². The topological polar surface area (TPSA) is 110 Å². The summed E-state index contributed by atoms with van der Waals surface area (Å²) in [5.41, 5.74) is 1.03. The van der Waals surface area contributed by atoms with Gasteiger partial charge in [0.2, 0.25) is 11.8 Å². The molecule has 0 atom stereocenters. The van der Waals surface area contributed by atoms with E-state index in [1.54, 1.807) is 20.8 Å². The van der Waals surface area contributed by atoms with Crippen LogP contribution >= 0.6 is 0 Å². The first kappa shape index (κ1) is 15.2. The number of aromatic carboxylic acids is 1. The van der Waals surface area contributed by atoms with Crippen LogP contribution in [0.1, 0.15) is 33.3 Å². The van der Waals surface area contributed by atoms with Gasteiger partial charge in [0, 0.05) is 6.92 Å². The van der Waals surface area contributed by atoms with Gasteiger partial charge in [0.1, 0.15) is 5.75 Å². The van der Waals surface area contributed by atoms with Crippen LogP contribution < -0.4 is 0 Å². The lowest BCUT2D eigenvalue weighted by atomic mass is 10.1. The Morgan fingerprint density at radius 2 is 1.90 bits per heavy atom. The van der Waals surface area contributed by atoms with Crippen molar-refractivity contribution in [2.75, 3.05) is 0 Å². The Hall–Kier alpha value is -2.22. The molecule has 0 unspecified atom stereocenters. The third kappa shape index (κ3) is 3.10. The highest BCUT2D eigenvalue weighted by molar-refractivity contribution is 7.90. The zero-order chi connectivity index (χ0) is 15.8. The summed E-state index contributed by atoms with van der Waals surface area (Å²) in [6.45, 7) is 4.86. The minimum atomic E-state index is -3.77. The predicted octanol–water partition coefficient (Wildman–Crippen LogP) is 1.67. The summed E-state index contributed by atoms with van der Waals surface area (Å²) in [6, 6.07) is 2.59. The van der Waals surface area contributed by atoms with E-state index in [-0.39, 0.29) is 22.2 Å². The van der Waals surface area contributed by atoms with Gasteiger partial charge in [0.15, 0.2) is 9.84 Å². The highest BCUT2D eigenvalue weighted by Gasteiger charge is 2.23. The molecule has 0 radical (unpaired) electrons. The molecule has 0 spiro atoms. The van der Waals surface area contributed by atoms with Crippen molar-refractivity contribution in [1.29, 1.82) is 0 Å². The average molecular weight is 310 g/mol. The Morgan fingerprint density at radius 3 is 2.43 bits per heavy atom. The number of aromatic nitrogens is 2. The molecule has 2 rings (SSSR count). The molecule has 8 heteroatoms. The van der Waals surface area contributed by atoms with Crippen LogP contribution in [0.15, 0.2) is 21.4 Å². The molecular formula is C13H14N2O5S. The number of hydrogen-bond acceptors (Lipinski definition) is 6. The summed E-state index contributed by atoms with van der Waals surface area (Å²) in [5.74, 6) is -1.39. The standard InChI is InChI=1S/C13H14N2O5S/c1-7-4-10(13(16)17)5-11(8(7)2)21(18,19)6-12-15-14-9(3)20-12/h4-5H,6H2,1-3H3,(H,16,17). The number of sulfone groups is 1. The lowest BCUT2D eigenvalue weighted by Crippen LogP contribution is -2.10. The maximum absolute atomic E-state index is 12.4. The summed E-state index contributed by atoms with van der Waals surface area (Å²) in [6.07, 6.45) is 0. The summed E-state index contributed by atoms with van der Waals surface area (Å²) < 4.78 is 29.9. The van der Waals surface area contributed by atoms with E-state index in [1.807, 2.05) is 0 Å². The van der Waals surface area contributed by atoms with Crippen molar-refractivity contribution in [1.82, 2.24) is 10.2 Å².